The van der Waals surface area contributed by atoms with Crippen molar-refractivity contribution in [3.63, 3.8) is 0 Å². The molecule has 2 amide bonds. The average Bonchev–Trinajstić information content (AvgIpc) is 2.48. The van der Waals surface area contributed by atoms with E-state index >= 15 is 0 Å². The Labute approximate surface area is 131 Å². The van der Waals surface area contributed by atoms with Crippen LogP contribution in [-0.4, -0.2) is 36.3 Å². The molecule has 1 saturated heterocycles. The maximum absolute atomic E-state index is 12.0. The number of nitrogens with one attached hydrogen (secondary N) is 1. The first-order valence-electron chi connectivity index (χ1n) is 6.59. The molecule has 1 aromatic rings. The van der Waals surface area contributed by atoms with Gasteiger partial charge in [-0.05, 0) is 47.3 Å². The van der Waals surface area contributed by atoms with E-state index in [1.807, 2.05) is 0 Å². The molecule has 2 rings (SSSR count). The molecular weight excluding hydrogens is 344 g/mol. The molecule has 0 aromatic heterocycles. The molecule has 1 aliphatic heterocycles. The molecule has 1 aliphatic rings. The van der Waals surface area contributed by atoms with Crippen molar-refractivity contribution >= 4 is 39.3 Å². The first kappa shape index (κ1) is 15.3. The Morgan fingerprint density at radius 2 is 1.95 bits per heavy atom. The molecule has 6 heteroatoms. The van der Waals surface area contributed by atoms with Gasteiger partial charge in [0, 0.05) is 17.6 Å². The van der Waals surface area contributed by atoms with Gasteiger partial charge in [0.15, 0.2) is 0 Å². The smallest absolute Gasteiger partial charge is 0.253 e. The summed E-state index contributed by atoms with van der Waals surface area (Å²) in [6.07, 6.45) is 3.25. The highest BCUT2D eigenvalue weighted by Crippen LogP contribution is 2.25. The molecule has 4 nitrogen and oxygen atoms in total. The lowest BCUT2D eigenvalue weighted by Crippen LogP contribution is -2.42. The molecule has 1 fully saturated rings. The van der Waals surface area contributed by atoms with Crippen molar-refractivity contribution in [3.05, 3.63) is 33.3 Å². The summed E-state index contributed by atoms with van der Waals surface area (Å²) < 4.78 is 0.661. The Morgan fingerprint density at radius 3 is 2.65 bits per heavy atom. The van der Waals surface area contributed by atoms with Crippen LogP contribution >= 0.6 is 27.5 Å². The van der Waals surface area contributed by atoms with Gasteiger partial charge in [0.1, 0.15) is 0 Å². The van der Waals surface area contributed by atoms with Crippen LogP contribution in [0.3, 0.4) is 0 Å². The van der Waals surface area contributed by atoms with E-state index in [1.54, 1.807) is 23.1 Å². The summed E-state index contributed by atoms with van der Waals surface area (Å²) >= 11 is 9.32. The minimum atomic E-state index is -0.332. The van der Waals surface area contributed by atoms with Gasteiger partial charge in [-0.2, -0.15) is 0 Å². The van der Waals surface area contributed by atoms with Gasteiger partial charge in [-0.1, -0.05) is 17.7 Å². The van der Waals surface area contributed by atoms with Crippen LogP contribution in [0.5, 0.6) is 0 Å². The number of halogens is 2. The molecule has 0 bridgehead atoms. The van der Waals surface area contributed by atoms with Crippen LogP contribution in [-0.2, 0) is 4.79 Å². The van der Waals surface area contributed by atoms with E-state index in [1.165, 1.54) is 6.42 Å². The van der Waals surface area contributed by atoms with Crippen molar-refractivity contribution in [2.75, 3.05) is 19.6 Å². The van der Waals surface area contributed by atoms with E-state index in [9.17, 15) is 9.59 Å². The molecule has 0 saturated carbocycles. The molecule has 20 heavy (non-hydrogen) atoms. The SMILES string of the molecule is O=C(NCC(=O)N1CCCCC1)c1cccc(Br)c1Cl. The minimum Gasteiger partial charge on any atom is -0.343 e. The third-order valence-corrected chi connectivity index (χ3v) is 4.60. The molecule has 0 atom stereocenters. The predicted octanol–water partition coefficient (Wildman–Crippen LogP) is 2.84. The molecule has 0 radical (unpaired) electrons. The molecule has 0 unspecified atom stereocenters. The lowest BCUT2D eigenvalue weighted by molar-refractivity contribution is -0.130. The van der Waals surface area contributed by atoms with E-state index in [2.05, 4.69) is 21.2 Å². The number of benzene rings is 1. The Bertz CT molecular complexity index is 516. The number of piperidine rings is 1. The van der Waals surface area contributed by atoms with Crippen molar-refractivity contribution in [1.82, 2.24) is 10.2 Å². The van der Waals surface area contributed by atoms with Gasteiger partial charge in [-0.25, -0.2) is 0 Å². The summed E-state index contributed by atoms with van der Waals surface area (Å²) in [5.74, 6) is -0.370. The number of carbonyl (C=O) groups excluding carboxylic acids is 2. The molecular formula is C14H16BrClN2O2. The summed E-state index contributed by atoms with van der Waals surface area (Å²) in [4.78, 5) is 25.8. The Kier molecular flexibility index (Phi) is 5.43. The minimum absolute atomic E-state index is 0.0156. The summed E-state index contributed by atoms with van der Waals surface area (Å²) in [6.45, 7) is 1.58. The van der Waals surface area contributed by atoms with Crippen LogP contribution in [0, 0.1) is 0 Å². The zero-order valence-corrected chi connectivity index (χ0v) is 13.3. The second-order valence-corrected chi connectivity index (χ2v) is 5.96. The Balaban J connectivity index is 1.91. The van der Waals surface area contributed by atoms with Crippen molar-refractivity contribution in [2.45, 2.75) is 19.3 Å². The second-order valence-electron chi connectivity index (χ2n) is 4.73. The molecule has 0 aliphatic carbocycles. The summed E-state index contributed by atoms with van der Waals surface area (Å²) in [5.41, 5.74) is 0.368. The van der Waals surface area contributed by atoms with Crippen LogP contribution in [0.2, 0.25) is 5.02 Å². The van der Waals surface area contributed by atoms with Gasteiger partial charge < -0.3 is 10.2 Å². The van der Waals surface area contributed by atoms with E-state index in [-0.39, 0.29) is 18.4 Å². The molecule has 1 N–H and O–H groups in total. The number of hydrogen-bond acceptors (Lipinski definition) is 2. The van der Waals surface area contributed by atoms with Gasteiger partial charge in [0.05, 0.1) is 17.1 Å². The first-order chi connectivity index (χ1) is 9.59. The fourth-order valence-electron chi connectivity index (χ4n) is 2.19. The number of nitrogens with zero attached hydrogens (tertiary/aromatic N) is 1. The maximum Gasteiger partial charge on any atom is 0.253 e. The normalized spacial score (nSPS) is 15.0. The van der Waals surface area contributed by atoms with Crippen molar-refractivity contribution in [1.29, 1.82) is 0 Å². The van der Waals surface area contributed by atoms with Crippen LogP contribution in [0.1, 0.15) is 29.6 Å². The lowest BCUT2D eigenvalue weighted by Gasteiger charge is -2.26. The number of hydrogen-bond donors (Lipinski definition) is 1. The number of amides is 2. The largest absolute Gasteiger partial charge is 0.343 e. The highest BCUT2D eigenvalue weighted by atomic mass is 79.9. The molecule has 0 spiro atoms. The van der Waals surface area contributed by atoms with Crippen molar-refractivity contribution in [2.24, 2.45) is 0 Å². The fourth-order valence-corrected chi connectivity index (χ4v) is 2.76. The van der Waals surface area contributed by atoms with Crippen molar-refractivity contribution in [3.8, 4) is 0 Å². The third kappa shape index (κ3) is 3.73. The monoisotopic (exact) mass is 358 g/mol. The van der Waals surface area contributed by atoms with Crippen LogP contribution in [0.15, 0.2) is 22.7 Å². The third-order valence-electron chi connectivity index (χ3n) is 3.31. The first-order valence-corrected chi connectivity index (χ1v) is 7.76. The number of carbonyl (C=O) groups is 2. The Morgan fingerprint density at radius 1 is 1.25 bits per heavy atom. The molecule has 1 aromatic carbocycles. The van der Waals surface area contributed by atoms with E-state index < -0.39 is 0 Å². The second kappa shape index (κ2) is 7.09. The summed E-state index contributed by atoms with van der Waals surface area (Å²) in [5, 5.41) is 2.99. The number of likely N-dealkylation sites (tertiary alicyclic amines) is 1. The zero-order valence-electron chi connectivity index (χ0n) is 11.0. The van der Waals surface area contributed by atoms with Crippen LogP contribution < -0.4 is 5.32 Å². The lowest BCUT2D eigenvalue weighted by atomic mass is 10.1. The summed E-state index contributed by atoms with van der Waals surface area (Å²) in [6, 6.07) is 5.13. The quantitative estimate of drug-likeness (QED) is 0.902. The van der Waals surface area contributed by atoms with E-state index in [4.69, 9.17) is 11.6 Å². The topological polar surface area (TPSA) is 49.4 Å². The van der Waals surface area contributed by atoms with Crippen LogP contribution in [0.25, 0.3) is 0 Å². The number of rotatable bonds is 3. The van der Waals surface area contributed by atoms with Crippen LogP contribution in [0.4, 0.5) is 0 Å². The fraction of sp³-hybridized carbons (Fsp3) is 0.429. The van der Waals surface area contributed by atoms with Gasteiger partial charge in [0.2, 0.25) is 5.91 Å². The standard InChI is InChI=1S/C14H16BrClN2O2/c15-11-6-4-5-10(13(11)16)14(20)17-9-12(19)18-7-2-1-3-8-18/h4-6H,1-3,7-9H2,(H,17,20). The van der Waals surface area contributed by atoms with E-state index in [0.717, 1.165) is 25.9 Å². The van der Waals surface area contributed by atoms with Gasteiger partial charge in [-0.15, -0.1) is 0 Å². The predicted molar refractivity (Wildman–Crippen MR) is 81.9 cm³/mol. The van der Waals surface area contributed by atoms with Gasteiger partial charge in [0.25, 0.3) is 5.91 Å². The van der Waals surface area contributed by atoms with Crippen molar-refractivity contribution < 1.29 is 9.59 Å². The Hall–Kier alpha value is -1.07. The highest BCUT2D eigenvalue weighted by molar-refractivity contribution is 9.10. The summed E-state index contributed by atoms with van der Waals surface area (Å²) in [7, 11) is 0. The highest BCUT2D eigenvalue weighted by Gasteiger charge is 2.18. The molecule has 1 heterocycles. The van der Waals surface area contributed by atoms with E-state index in [0.29, 0.717) is 15.1 Å². The average molecular weight is 360 g/mol. The van der Waals surface area contributed by atoms with Gasteiger partial charge in [-0.3, -0.25) is 9.59 Å². The molecule has 108 valence electrons. The van der Waals surface area contributed by atoms with Gasteiger partial charge >= 0.3 is 0 Å². The maximum atomic E-state index is 12.0. The zero-order chi connectivity index (χ0) is 14.5.